The van der Waals surface area contributed by atoms with Crippen molar-refractivity contribution < 1.29 is 4.79 Å². The van der Waals surface area contributed by atoms with Crippen LogP contribution >= 0.6 is 0 Å². The van der Waals surface area contributed by atoms with Crippen LogP contribution in [0.3, 0.4) is 0 Å². The first-order valence-electron chi connectivity index (χ1n) is 7.72. The second-order valence-corrected chi connectivity index (χ2v) is 5.47. The number of hydrogen-bond donors (Lipinski definition) is 1. The van der Waals surface area contributed by atoms with Crippen molar-refractivity contribution >= 4 is 29.0 Å². The first-order valence-corrected chi connectivity index (χ1v) is 7.72. The number of nitrogens with one attached hydrogen (secondary N) is 1. The number of carbonyl (C=O) groups excluding carboxylic acids is 1. The number of pyridine rings is 1. The van der Waals surface area contributed by atoms with Crippen LogP contribution in [-0.2, 0) is 6.54 Å². The van der Waals surface area contributed by atoms with Crippen LogP contribution in [0.4, 0.5) is 0 Å². The maximum Gasteiger partial charge on any atom is 0.251 e. The summed E-state index contributed by atoms with van der Waals surface area (Å²) in [4.78, 5) is 16.6. The van der Waals surface area contributed by atoms with Gasteiger partial charge in [0.2, 0.25) is 0 Å². The zero-order chi connectivity index (χ0) is 16.9. The Morgan fingerprint density at radius 3 is 2.67 bits per heavy atom. The van der Waals surface area contributed by atoms with Gasteiger partial charge in [0, 0.05) is 23.7 Å². The molecule has 1 amide bonds. The molecule has 1 heterocycles. The van der Waals surface area contributed by atoms with Gasteiger partial charge in [-0.2, -0.15) is 0 Å². The number of carbonyl (C=O) groups is 1. The summed E-state index contributed by atoms with van der Waals surface area (Å²) in [6.45, 7) is 8.06. The number of aromatic nitrogens is 1. The van der Waals surface area contributed by atoms with Crippen LogP contribution in [0.5, 0.6) is 0 Å². The van der Waals surface area contributed by atoms with Crippen LogP contribution in [0, 0.1) is 0 Å². The summed E-state index contributed by atoms with van der Waals surface area (Å²) in [6, 6.07) is 15.3. The molecule has 2 aromatic carbocycles. The first-order chi connectivity index (χ1) is 11.7. The van der Waals surface area contributed by atoms with Crippen LogP contribution in [-0.4, -0.2) is 10.9 Å². The predicted molar refractivity (Wildman–Crippen MR) is 99.5 cm³/mol. The van der Waals surface area contributed by atoms with Crippen molar-refractivity contribution in [3.63, 3.8) is 0 Å². The fourth-order valence-electron chi connectivity index (χ4n) is 2.60. The van der Waals surface area contributed by atoms with E-state index < -0.39 is 0 Å². The van der Waals surface area contributed by atoms with E-state index in [9.17, 15) is 4.79 Å². The molecule has 0 aliphatic heterocycles. The van der Waals surface area contributed by atoms with Crippen LogP contribution in [0.1, 0.15) is 27.0 Å². The van der Waals surface area contributed by atoms with E-state index in [4.69, 9.17) is 0 Å². The van der Waals surface area contributed by atoms with Gasteiger partial charge in [-0.1, -0.05) is 43.5 Å². The minimum atomic E-state index is -0.103. The SMILES string of the molecule is C=Cc1ccc(CNC(=O)c2ccc3ncccc3c2)cc1C=C. The van der Waals surface area contributed by atoms with Crippen molar-refractivity contribution in [1.82, 2.24) is 10.3 Å². The number of amides is 1. The molecule has 0 aliphatic carbocycles. The summed E-state index contributed by atoms with van der Waals surface area (Å²) >= 11 is 0. The quantitative estimate of drug-likeness (QED) is 0.756. The maximum atomic E-state index is 12.4. The lowest BCUT2D eigenvalue weighted by Gasteiger charge is -2.08. The molecule has 0 radical (unpaired) electrons. The lowest BCUT2D eigenvalue weighted by atomic mass is 10.0. The molecule has 0 aliphatic rings. The standard InChI is InChI=1S/C21H18N2O/c1-3-16-8-7-15(12-17(16)4-2)14-23-21(24)19-9-10-20-18(13-19)6-5-11-22-20/h3-13H,1-2,14H2,(H,23,24). The molecule has 3 heteroatoms. The van der Waals surface area contributed by atoms with Gasteiger partial charge in [0.1, 0.15) is 0 Å². The molecule has 3 nitrogen and oxygen atoms in total. The lowest BCUT2D eigenvalue weighted by molar-refractivity contribution is 0.0951. The minimum Gasteiger partial charge on any atom is -0.348 e. The second-order valence-electron chi connectivity index (χ2n) is 5.47. The van der Waals surface area contributed by atoms with Crippen LogP contribution in [0.2, 0.25) is 0 Å². The average molecular weight is 314 g/mol. The Kier molecular flexibility index (Phi) is 4.52. The van der Waals surface area contributed by atoms with E-state index in [1.54, 1.807) is 24.4 Å². The van der Waals surface area contributed by atoms with E-state index in [0.29, 0.717) is 12.1 Å². The van der Waals surface area contributed by atoms with E-state index in [0.717, 1.165) is 27.6 Å². The largest absolute Gasteiger partial charge is 0.348 e. The third-order valence-electron chi connectivity index (χ3n) is 3.91. The summed E-state index contributed by atoms with van der Waals surface area (Å²) in [5.74, 6) is -0.103. The monoisotopic (exact) mass is 314 g/mol. The zero-order valence-electron chi connectivity index (χ0n) is 13.3. The molecular formula is C21H18N2O. The van der Waals surface area contributed by atoms with Crippen molar-refractivity contribution in [3.8, 4) is 0 Å². The highest BCUT2D eigenvalue weighted by atomic mass is 16.1. The van der Waals surface area contributed by atoms with Crippen LogP contribution < -0.4 is 5.32 Å². The average Bonchev–Trinajstić information content (AvgIpc) is 2.65. The van der Waals surface area contributed by atoms with Gasteiger partial charge in [-0.05, 0) is 47.0 Å². The number of nitrogens with zero attached hydrogens (tertiary/aromatic N) is 1. The van der Waals surface area contributed by atoms with Gasteiger partial charge in [-0.25, -0.2) is 0 Å². The molecule has 0 unspecified atom stereocenters. The molecule has 24 heavy (non-hydrogen) atoms. The highest BCUT2D eigenvalue weighted by molar-refractivity contribution is 5.97. The Bertz CT molecular complexity index is 928. The minimum absolute atomic E-state index is 0.103. The van der Waals surface area contributed by atoms with E-state index >= 15 is 0 Å². The Morgan fingerprint density at radius 2 is 1.88 bits per heavy atom. The van der Waals surface area contributed by atoms with Gasteiger partial charge in [-0.3, -0.25) is 9.78 Å². The molecule has 1 aromatic heterocycles. The number of rotatable bonds is 5. The van der Waals surface area contributed by atoms with Crippen LogP contribution in [0.15, 0.2) is 67.9 Å². The van der Waals surface area contributed by atoms with E-state index in [2.05, 4.69) is 23.5 Å². The zero-order valence-corrected chi connectivity index (χ0v) is 13.3. The maximum absolute atomic E-state index is 12.4. The predicted octanol–water partition coefficient (Wildman–Crippen LogP) is 4.45. The second kappa shape index (κ2) is 6.92. The fourth-order valence-corrected chi connectivity index (χ4v) is 2.60. The molecule has 0 saturated carbocycles. The fraction of sp³-hybridized carbons (Fsp3) is 0.0476. The summed E-state index contributed by atoms with van der Waals surface area (Å²) in [6.07, 6.45) is 5.33. The molecule has 0 saturated heterocycles. The van der Waals surface area contributed by atoms with Crippen molar-refractivity contribution in [2.24, 2.45) is 0 Å². The number of fused-ring (bicyclic) bond motifs is 1. The molecular weight excluding hydrogens is 296 g/mol. The summed E-state index contributed by atoms with van der Waals surface area (Å²) in [5.41, 5.74) is 4.56. The normalized spacial score (nSPS) is 10.3. The Morgan fingerprint density at radius 1 is 1.04 bits per heavy atom. The molecule has 0 spiro atoms. The summed E-state index contributed by atoms with van der Waals surface area (Å²) in [5, 5.41) is 3.90. The third-order valence-corrected chi connectivity index (χ3v) is 3.91. The van der Waals surface area contributed by atoms with Gasteiger partial charge in [0.15, 0.2) is 0 Å². The highest BCUT2D eigenvalue weighted by Gasteiger charge is 2.07. The lowest BCUT2D eigenvalue weighted by Crippen LogP contribution is -2.22. The molecule has 0 bridgehead atoms. The third kappa shape index (κ3) is 3.25. The molecule has 118 valence electrons. The van der Waals surface area contributed by atoms with Crippen molar-refractivity contribution in [3.05, 3.63) is 90.1 Å². The van der Waals surface area contributed by atoms with E-state index in [1.807, 2.05) is 42.5 Å². The number of benzene rings is 2. The Labute approximate surface area is 141 Å². The topological polar surface area (TPSA) is 42.0 Å². The highest BCUT2D eigenvalue weighted by Crippen LogP contribution is 2.16. The summed E-state index contributed by atoms with van der Waals surface area (Å²) < 4.78 is 0. The Hall–Kier alpha value is -3.20. The van der Waals surface area contributed by atoms with E-state index in [1.165, 1.54) is 0 Å². The van der Waals surface area contributed by atoms with Gasteiger partial charge in [0.25, 0.3) is 5.91 Å². The van der Waals surface area contributed by atoms with Crippen LogP contribution in [0.25, 0.3) is 23.1 Å². The van der Waals surface area contributed by atoms with Gasteiger partial charge < -0.3 is 5.32 Å². The first kappa shape index (κ1) is 15.7. The molecule has 3 aromatic rings. The number of hydrogen-bond acceptors (Lipinski definition) is 2. The van der Waals surface area contributed by atoms with Crippen molar-refractivity contribution in [2.45, 2.75) is 6.54 Å². The molecule has 0 atom stereocenters. The smallest absolute Gasteiger partial charge is 0.251 e. The van der Waals surface area contributed by atoms with Gasteiger partial charge in [0.05, 0.1) is 5.52 Å². The summed E-state index contributed by atoms with van der Waals surface area (Å²) in [7, 11) is 0. The van der Waals surface area contributed by atoms with Crippen molar-refractivity contribution in [2.75, 3.05) is 0 Å². The van der Waals surface area contributed by atoms with E-state index in [-0.39, 0.29) is 5.91 Å². The molecule has 0 fully saturated rings. The van der Waals surface area contributed by atoms with Crippen molar-refractivity contribution in [1.29, 1.82) is 0 Å². The van der Waals surface area contributed by atoms with Gasteiger partial charge >= 0.3 is 0 Å². The van der Waals surface area contributed by atoms with Gasteiger partial charge in [-0.15, -0.1) is 0 Å². The molecule has 3 rings (SSSR count). The Balaban J connectivity index is 1.74. The molecule has 1 N–H and O–H groups in total.